The molecule has 1 aliphatic heterocycles. The second kappa shape index (κ2) is 6.72. The Morgan fingerprint density at radius 1 is 1.15 bits per heavy atom. The van der Waals surface area contributed by atoms with E-state index in [9.17, 15) is 9.90 Å². The second-order valence-electron chi connectivity index (χ2n) is 6.36. The number of aliphatic hydroxyl groups is 1. The summed E-state index contributed by atoms with van der Waals surface area (Å²) in [5.41, 5.74) is 1.43. The number of benzene rings is 2. The Kier molecular flexibility index (Phi) is 4.26. The van der Waals surface area contributed by atoms with Gasteiger partial charge in [0.15, 0.2) is 0 Å². The van der Waals surface area contributed by atoms with Crippen molar-refractivity contribution in [3.63, 3.8) is 0 Å². The number of H-pyrrole nitrogens is 1. The second-order valence-corrected chi connectivity index (χ2v) is 6.36. The quantitative estimate of drug-likeness (QED) is 0.756. The Morgan fingerprint density at radius 3 is 2.73 bits per heavy atom. The molecule has 1 aliphatic rings. The van der Waals surface area contributed by atoms with Gasteiger partial charge in [-0.25, -0.2) is 0 Å². The fraction of sp³-hybridized carbons (Fsp3) is 0.250. The third kappa shape index (κ3) is 2.99. The number of aliphatic hydroxyl groups excluding tert-OH is 1. The highest BCUT2D eigenvalue weighted by Crippen LogP contribution is 2.26. The van der Waals surface area contributed by atoms with Gasteiger partial charge < -0.3 is 24.5 Å². The molecule has 0 unspecified atom stereocenters. The monoisotopic (exact) mass is 352 g/mol. The van der Waals surface area contributed by atoms with Crippen LogP contribution >= 0.6 is 0 Å². The molecule has 0 spiro atoms. The SMILES string of the molecule is COc1ccc2[nH]cc(C(=O)N3C[C@@H](O)[C@H](Oc4ccccc4)C3)c2c1. The van der Waals surface area contributed by atoms with Crippen molar-refractivity contribution in [3.8, 4) is 11.5 Å². The maximum Gasteiger partial charge on any atom is 0.256 e. The van der Waals surface area contributed by atoms with Gasteiger partial charge in [0, 0.05) is 17.1 Å². The molecular weight excluding hydrogens is 332 g/mol. The molecule has 1 fully saturated rings. The lowest BCUT2D eigenvalue weighted by atomic mass is 10.1. The normalized spacial score (nSPS) is 19.7. The van der Waals surface area contributed by atoms with Crippen LogP contribution in [0.3, 0.4) is 0 Å². The molecule has 6 heteroatoms. The van der Waals surface area contributed by atoms with E-state index in [2.05, 4.69) is 4.98 Å². The van der Waals surface area contributed by atoms with E-state index in [0.29, 0.717) is 23.6 Å². The van der Waals surface area contributed by atoms with Crippen LogP contribution in [0.5, 0.6) is 11.5 Å². The third-order valence-electron chi connectivity index (χ3n) is 4.67. The van der Waals surface area contributed by atoms with E-state index in [-0.39, 0.29) is 12.5 Å². The van der Waals surface area contributed by atoms with Gasteiger partial charge in [-0.3, -0.25) is 4.79 Å². The van der Waals surface area contributed by atoms with Crippen molar-refractivity contribution >= 4 is 16.8 Å². The fourth-order valence-corrected chi connectivity index (χ4v) is 3.29. The molecule has 0 aliphatic carbocycles. The number of aromatic nitrogens is 1. The summed E-state index contributed by atoms with van der Waals surface area (Å²) in [6, 6.07) is 14.9. The van der Waals surface area contributed by atoms with E-state index in [1.165, 1.54) is 0 Å². The molecule has 0 bridgehead atoms. The zero-order valence-electron chi connectivity index (χ0n) is 14.4. The number of hydrogen-bond donors (Lipinski definition) is 2. The number of fused-ring (bicyclic) bond motifs is 1. The van der Waals surface area contributed by atoms with Gasteiger partial charge in [-0.05, 0) is 30.3 Å². The number of nitrogens with one attached hydrogen (secondary N) is 1. The summed E-state index contributed by atoms with van der Waals surface area (Å²) in [5, 5.41) is 11.1. The average Bonchev–Trinajstić information content (AvgIpc) is 3.25. The first kappa shape index (κ1) is 16.5. The van der Waals surface area contributed by atoms with Crippen LogP contribution in [0.2, 0.25) is 0 Å². The van der Waals surface area contributed by atoms with Crippen LogP contribution in [-0.2, 0) is 0 Å². The number of aromatic amines is 1. The van der Waals surface area contributed by atoms with E-state index in [4.69, 9.17) is 9.47 Å². The van der Waals surface area contributed by atoms with Gasteiger partial charge in [-0.1, -0.05) is 18.2 Å². The highest BCUT2D eigenvalue weighted by molar-refractivity contribution is 6.07. The van der Waals surface area contributed by atoms with Crippen molar-refractivity contribution in [1.29, 1.82) is 0 Å². The molecule has 26 heavy (non-hydrogen) atoms. The molecule has 3 aromatic rings. The molecule has 2 aromatic carbocycles. The fourth-order valence-electron chi connectivity index (χ4n) is 3.29. The number of β-amino-alcohol motifs (C(OH)–C–C–N with tert-alkyl or cyclic N) is 1. The summed E-state index contributed by atoms with van der Waals surface area (Å²) in [6.07, 6.45) is 0.532. The first-order chi connectivity index (χ1) is 12.7. The minimum absolute atomic E-state index is 0.136. The van der Waals surface area contributed by atoms with E-state index < -0.39 is 12.2 Å². The van der Waals surface area contributed by atoms with Crippen LogP contribution in [-0.4, -0.2) is 53.3 Å². The molecule has 134 valence electrons. The Bertz CT molecular complexity index is 922. The third-order valence-corrected chi connectivity index (χ3v) is 4.67. The molecule has 6 nitrogen and oxygen atoms in total. The average molecular weight is 352 g/mol. The summed E-state index contributed by atoms with van der Waals surface area (Å²) in [5.74, 6) is 1.24. The Hall–Kier alpha value is -2.99. The van der Waals surface area contributed by atoms with Crippen molar-refractivity contribution in [1.82, 2.24) is 9.88 Å². The Balaban J connectivity index is 1.54. The number of ether oxygens (including phenoxy) is 2. The number of likely N-dealkylation sites (tertiary alicyclic amines) is 1. The van der Waals surface area contributed by atoms with Gasteiger partial charge in [0.2, 0.25) is 0 Å². The number of nitrogens with zero attached hydrogens (tertiary/aromatic N) is 1. The van der Waals surface area contributed by atoms with Crippen LogP contribution in [0.4, 0.5) is 0 Å². The Morgan fingerprint density at radius 2 is 1.96 bits per heavy atom. The number of hydrogen-bond acceptors (Lipinski definition) is 4. The zero-order chi connectivity index (χ0) is 18.1. The van der Waals surface area contributed by atoms with Crippen LogP contribution in [0.1, 0.15) is 10.4 Å². The van der Waals surface area contributed by atoms with Gasteiger partial charge in [0.1, 0.15) is 23.7 Å². The smallest absolute Gasteiger partial charge is 0.256 e. The van der Waals surface area contributed by atoms with Gasteiger partial charge in [-0.15, -0.1) is 0 Å². The van der Waals surface area contributed by atoms with Gasteiger partial charge in [-0.2, -0.15) is 0 Å². The van der Waals surface area contributed by atoms with E-state index >= 15 is 0 Å². The molecule has 1 amide bonds. The predicted molar refractivity (Wildman–Crippen MR) is 97.6 cm³/mol. The summed E-state index contributed by atoms with van der Waals surface area (Å²) in [4.78, 5) is 17.7. The first-order valence-corrected chi connectivity index (χ1v) is 8.50. The van der Waals surface area contributed by atoms with Crippen molar-refractivity contribution in [2.75, 3.05) is 20.2 Å². The van der Waals surface area contributed by atoms with Gasteiger partial charge in [0.05, 0.1) is 25.8 Å². The zero-order valence-corrected chi connectivity index (χ0v) is 14.4. The lowest BCUT2D eigenvalue weighted by Crippen LogP contribution is -2.31. The minimum Gasteiger partial charge on any atom is -0.497 e. The topological polar surface area (TPSA) is 74.8 Å². The summed E-state index contributed by atoms with van der Waals surface area (Å²) < 4.78 is 11.1. The summed E-state index contributed by atoms with van der Waals surface area (Å²) >= 11 is 0. The number of para-hydroxylation sites is 1. The molecule has 0 radical (unpaired) electrons. The van der Waals surface area contributed by atoms with Crippen molar-refractivity contribution in [2.24, 2.45) is 0 Å². The van der Waals surface area contributed by atoms with Crippen molar-refractivity contribution < 1.29 is 19.4 Å². The molecule has 0 saturated carbocycles. The lowest BCUT2D eigenvalue weighted by Gasteiger charge is -2.17. The number of amides is 1. The molecule has 1 saturated heterocycles. The van der Waals surface area contributed by atoms with Crippen LogP contribution in [0.25, 0.3) is 10.9 Å². The Labute approximate surface area is 151 Å². The highest BCUT2D eigenvalue weighted by Gasteiger charge is 2.36. The maximum atomic E-state index is 13.0. The standard InChI is InChI=1S/C20H20N2O4/c1-25-14-7-8-17-15(9-14)16(10-21-17)20(24)22-11-18(23)19(12-22)26-13-5-3-2-4-6-13/h2-10,18-19,21,23H,11-12H2,1H3/t18-,19-/m1/s1. The molecule has 2 heterocycles. The number of methoxy groups -OCH3 is 1. The lowest BCUT2D eigenvalue weighted by molar-refractivity contribution is 0.0730. The number of rotatable bonds is 4. The highest BCUT2D eigenvalue weighted by atomic mass is 16.5. The number of carbonyl (C=O) groups excluding carboxylic acids is 1. The molecule has 2 N–H and O–H groups in total. The minimum atomic E-state index is -0.723. The molecular formula is C20H20N2O4. The summed E-state index contributed by atoms with van der Waals surface area (Å²) in [6.45, 7) is 0.582. The first-order valence-electron chi connectivity index (χ1n) is 8.50. The van der Waals surface area contributed by atoms with E-state index in [1.807, 2.05) is 48.5 Å². The van der Waals surface area contributed by atoms with Gasteiger partial charge in [0.25, 0.3) is 5.91 Å². The van der Waals surface area contributed by atoms with Crippen molar-refractivity contribution in [3.05, 3.63) is 60.3 Å². The largest absolute Gasteiger partial charge is 0.497 e. The molecule has 2 atom stereocenters. The number of carbonyl (C=O) groups is 1. The predicted octanol–water partition coefficient (Wildman–Crippen LogP) is 2.44. The van der Waals surface area contributed by atoms with E-state index in [0.717, 1.165) is 10.9 Å². The summed E-state index contributed by atoms with van der Waals surface area (Å²) in [7, 11) is 1.59. The van der Waals surface area contributed by atoms with Crippen molar-refractivity contribution in [2.45, 2.75) is 12.2 Å². The van der Waals surface area contributed by atoms with Gasteiger partial charge >= 0.3 is 0 Å². The van der Waals surface area contributed by atoms with Crippen LogP contribution < -0.4 is 9.47 Å². The van der Waals surface area contributed by atoms with Crippen LogP contribution in [0, 0.1) is 0 Å². The maximum absolute atomic E-state index is 13.0. The molecule has 1 aromatic heterocycles. The molecule has 4 rings (SSSR count). The van der Waals surface area contributed by atoms with E-state index in [1.54, 1.807) is 18.2 Å². The van der Waals surface area contributed by atoms with Crippen LogP contribution in [0.15, 0.2) is 54.7 Å².